The van der Waals surface area contributed by atoms with Crippen LogP contribution in [-0.2, 0) is 9.59 Å². The van der Waals surface area contributed by atoms with Crippen LogP contribution in [-0.4, -0.2) is 55.3 Å². The summed E-state index contributed by atoms with van der Waals surface area (Å²) in [6.07, 6.45) is 3.05. The summed E-state index contributed by atoms with van der Waals surface area (Å²) in [5, 5.41) is 0.430. The third-order valence-corrected chi connectivity index (χ3v) is 5.96. The Morgan fingerprint density at radius 1 is 1.09 bits per heavy atom. The Morgan fingerprint density at radius 2 is 1.88 bits per heavy atom. The fourth-order valence-corrected chi connectivity index (χ4v) is 4.11. The molecule has 1 saturated heterocycles. The average Bonchev–Trinajstić information content (AvgIpc) is 3.34. The second-order valence-corrected chi connectivity index (χ2v) is 8.26. The molecule has 168 valence electrons. The third-order valence-electron chi connectivity index (χ3n) is 5.65. The number of hydrogen-bond acceptors (Lipinski definition) is 5. The van der Waals surface area contributed by atoms with E-state index in [0.29, 0.717) is 47.2 Å². The number of benzene rings is 2. The van der Waals surface area contributed by atoms with Crippen molar-refractivity contribution in [3.8, 4) is 11.5 Å². The Kier molecular flexibility index (Phi) is 6.95. The van der Waals surface area contributed by atoms with Gasteiger partial charge in [0.05, 0.1) is 10.7 Å². The molecular weight excluding hydrogens is 432 g/mol. The highest BCUT2D eigenvalue weighted by Crippen LogP contribution is 2.33. The minimum Gasteiger partial charge on any atom is -0.484 e. The van der Waals surface area contributed by atoms with Gasteiger partial charge in [-0.1, -0.05) is 23.7 Å². The number of para-hydroxylation sites is 1. The lowest BCUT2D eigenvalue weighted by molar-refractivity contribution is -0.130. The zero-order chi connectivity index (χ0) is 22.5. The number of amides is 2. The van der Waals surface area contributed by atoms with Crippen molar-refractivity contribution in [3.05, 3.63) is 53.1 Å². The van der Waals surface area contributed by atoms with Crippen molar-refractivity contribution in [2.45, 2.75) is 25.7 Å². The number of rotatable bonds is 8. The molecule has 0 N–H and O–H groups in total. The van der Waals surface area contributed by atoms with Gasteiger partial charge in [-0.25, -0.2) is 0 Å². The molecule has 2 aliphatic rings. The summed E-state index contributed by atoms with van der Waals surface area (Å²) in [5.41, 5.74) is 0.950. The molecule has 2 heterocycles. The van der Waals surface area contributed by atoms with Gasteiger partial charge in [0.1, 0.15) is 11.5 Å². The maximum absolute atomic E-state index is 12.7. The van der Waals surface area contributed by atoms with Gasteiger partial charge < -0.3 is 19.3 Å². The van der Waals surface area contributed by atoms with Crippen LogP contribution in [0, 0.1) is 0 Å². The number of ketones is 1. The first-order valence-corrected chi connectivity index (χ1v) is 11.2. The summed E-state index contributed by atoms with van der Waals surface area (Å²) in [6.45, 7) is 1.79. The van der Waals surface area contributed by atoms with Crippen molar-refractivity contribution in [2.75, 3.05) is 37.7 Å². The van der Waals surface area contributed by atoms with E-state index in [0.717, 1.165) is 25.9 Å². The van der Waals surface area contributed by atoms with Gasteiger partial charge in [0.25, 0.3) is 5.91 Å². The van der Waals surface area contributed by atoms with Gasteiger partial charge in [-0.2, -0.15) is 0 Å². The number of ether oxygens (including phenoxy) is 2. The molecule has 2 aromatic rings. The van der Waals surface area contributed by atoms with E-state index in [4.69, 9.17) is 21.1 Å². The van der Waals surface area contributed by atoms with Crippen molar-refractivity contribution < 1.29 is 23.9 Å². The van der Waals surface area contributed by atoms with Crippen molar-refractivity contribution in [3.63, 3.8) is 0 Å². The van der Waals surface area contributed by atoms with Crippen molar-refractivity contribution in [1.29, 1.82) is 0 Å². The van der Waals surface area contributed by atoms with Crippen LogP contribution in [0.15, 0.2) is 42.5 Å². The maximum atomic E-state index is 12.7. The van der Waals surface area contributed by atoms with Crippen molar-refractivity contribution in [1.82, 2.24) is 4.90 Å². The van der Waals surface area contributed by atoms with E-state index in [1.54, 1.807) is 47.4 Å². The molecule has 2 aromatic carbocycles. The predicted molar refractivity (Wildman–Crippen MR) is 121 cm³/mol. The number of hydrogen-bond donors (Lipinski definition) is 0. The van der Waals surface area contributed by atoms with Crippen LogP contribution in [0.3, 0.4) is 0 Å². The fraction of sp³-hybridized carbons (Fsp3) is 0.375. The molecule has 0 saturated carbocycles. The summed E-state index contributed by atoms with van der Waals surface area (Å²) < 4.78 is 11.1. The Bertz CT molecular complexity index is 1020. The molecule has 4 rings (SSSR count). The van der Waals surface area contributed by atoms with E-state index >= 15 is 0 Å². The fourth-order valence-electron chi connectivity index (χ4n) is 3.92. The molecule has 0 bridgehead atoms. The van der Waals surface area contributed by atoms with Gasteiger partial charge in [-0.15, -0.1) is 0 Å². The molecular formula is C24H25ClN2O5. The number of carbonyl (C=O) groups is 3. The van der Waals surface area contributed by atoms with Crippen LogP contribution in [0.2, 0.25) is 5.02 Å². The molecule has 0 aromatic heterocycles. The summed E-state index contributed by atoms with van der Waals surface area (Å²) in [4.78, 5) is 41.0. The SMILES string of the molecule is O=C(COc1ccccc1Cl)c1ccc2c(c1)N(CCCC(=O)N1CCCC1)C(=O)CO2. The Hall–Kier alpha value is -3.06. The van der Waals surface area contributed by atoms with Gasteiger partial charge in [-0.3, -0.25) is 14.4 Å². The first-order chi connectivity index (χ1) is 15.5. The van der Waals surface area contributed by atoms with E-state index in [1.165, 1.54) is 0 Å². The molecule has 8 heteroatoms. The molecule has 2 amide bonds. The maximum Gasteiger partial charge on any atom is 0.265 e. The lowest BCUT2D eigenvalue weighted by Gasteiger charge is -2.30. The van der Waals surface area contributed by atoms with Crippen LogP contribution in [0.4, 0.5) is 5.69 Å². The van der Waals surface area contributed by atoms with E-state index < -0.39 is 0 Å². The number of nitrogens with zero attached hydrogens (tertiary/aromatic N) is 2. The van der Waals surface area contributed by atoms with Gasteiger partial charge in [0.15, 0.2) is 19.0 Å². The second kappa shape index (κ2) is 10.0. The molecule has 0 radical (unpaired) electrons. The Balaban J connectivity index is 1.41. The highest BCUT2D eigenvalue weighted by molar-refractivity contribution is 6.32. The average molecular weight is 457 g/mol. The molecule has 0 unspecified atom stereocenters. The van der Waals surface area contributed by atoms with E-state index in [2.05, 4.69) is 0 Å². The van der Waals surface area contributed by atoms with Crippen LogP contribution in [0.5, 0.6) is 11.5 Å². The molecule has 2 aliphatic heterocycles. The van der Waals surface area contributed by atoms with E-state index in [1.807, 2.05) is 4.90 Å². The topological polar surface area (TPSA) is 76.2 Å². The Morgan fingerprint density at radius 3 is 2.66 bits per heavy atom. The summed E-state index contributed by atoms with van der Waals surface area (Å²) in [5.74, 6) is 0.671. The number of likely N-dealkylation sites (tertiary alicyclic amines) is 1. The third kappa shape index (κ3) is 5.05. The largest absolute Gasteiger partial charge is 0.484 e. The molecule has 32 heavy (non-hydrogen) atoms. The summed E-state index contributed by atoms with van der Waals surface area (Å²) in [6, 6.07) is 11.9. The van der Waals surface area contributed by atoms with Gasteiger partial charge in [-0.05, 0) is 49.6 Å². The van der Waals surface area contributed by atoms with Crippen molar-refractivity contribution in [2.24, 2.45) is 0 Å². The minimum absolute atomic E-state index is 0.0595. The smallest absolute Gasteiger partial charge is 0.265 e. The van der Waals surface area contributed by atoms with Crippen LogP contribution in [0.1, 0.15) is 36.0 Å². The molecule has 1 fully saturated rings. The molecule has 0 aliphatic carbocycles. The van der Waals surface area contributed by atoms with Crippen LogP contribution >= 0.6 is 11.6 Å². The van der Waals surface area contributed by atoms with Gasteiger partial charge in [0, 0.05) is 31.6 Å². The summed E-state index contributed by atoms with van der Waals surface area (Å²) >= 11 is 6.07. The van der Waals surface area contributed by atoms with Crippen molar-refractivity contribution >= 4 is 34.9 Å². The summed E-state index contributed by atoms with van der Waals surface area (Å²) in [7, 11) is 0. The van der Waals surface area contributed by atoms with Gasteiger partial charge in [0.2, 0.25) is 5.91 Å². The Labute approximate surface area is 191 Å². The number of carbonyl (C=O) groups excluding carboxylic acids is 3. The number of halogens is 1. The standard InChI is InChI=1S/C24H25ClN2O5/c25-18-6-1-2-7-21(18)31-15-20(28)17-9-10-22-19(14-17)27(24(30)16-32-22)13-5-8-23(29)26-11-3-4-12-26/h1-2,6-7,9-10,14H,3-5,8,11-13,15-16H2. The lowest BCUT2D eigenvalue weighted by atomic mass is 10.1. The number of fused-ring (bicyclic) bond motifs is 1. The quantitative estimate of drug-likeness (QED) is 0.566. The van der Waals surface area contributed by atoms with Crippen LogP contribution in [0.25, 0.3) is 0 Å². The number of anilines is 1. The first kappa shape index (κ1) is 22.1. The predicted octanol–water partition coefficient (Wildman–Crippen LogP) is 3.73. The first-order valence-electron chi connectivity index (χ1n) is 10.8. The minimum atomic E-state index is -0.241. The molecule has 0 atom stereocenters. The highest BCUT2D eigenvalue weighted by Gasteiger charge is 2.27. The molecule has 0 spiro atoms. The lowest BCUT2D eigenvalue weighted by Crippen LogP contribution is -2.40. The van der Waals surface area contributed by atoms with Gasteiger partial charge >= 0.3 is 0 Å². The zero-order valence-corrected chi connectivity index (χ0v) is 18.5. The molecule has 7 nitrogen and oxygen atoms in total. The van der Waals surface area contributed by atoms with E-state index in [-0.39, 0.29) is 30.8 Å². The number of Topliss-reactive ketones (excluding diaryl/α,β-unsaturated/α-hetero) is 1. The second-order valence-electron chi connectivity index (χ2n) is 7.85. The highest BCUT2D eigenvalue weighted by atomic mass is 35.5. The monoisotopic (exact) mass is 456 g/mol. The normalized spacial score (nSPS) is 15.3. The zero-order valence-electron chi connectivity index (χ0n) is 17.7. The van der Waals surface area contributed by atoms with Crippen LogP contribution < -0.4 is 14.4 Å². The van der Waals surface area contributed by atoms with E-state index in [9.17, 15) is 14.4 Å².